The number of nitro groups is 1. The second-order valence-electron chi connectivity index (χ2n) is 5.87. The Hall–Kier alpha value is -2.41. The molecular weight excluding hydrogens is 340 g/mol. The molecule has 25 heavy (non-hydrogen) atoms. The van der Waals surface area contributed by atoms with Gasteiger partial charge in [-0.15, -0.1) is 0 Å². The van der Waals surface area contributed by atoms with E-state index in [1.54, 1.807) is 12.1 Å². The second-order valence-corrected chi connectivity index (χ2v) is 7.55. The topological polar surface area (TPSA) is 89.3 Å². The first-order valence-electron chi connectivity index (χ1n) is 8.28. The van der Waals surface area contributed by atoms with E-state index in [2.05, 4.69) is 11.6 Å². The van der Waals surface area contributed by atoms with Gasteiger partial charge in [0, 0.05) is 12.1 Å². The number of unbranched alkanes of at least 4 members (excludes halogenated alkanes) is 3. The van der Waals surface area contributed by atoms with Crippen molar-refractivity contribution in [1.82, 2.24) is 0 Å². The fraction of sp³-hybridized carbons (Fsp3) is 0.333. The standard InChI is InChI=1S/C18H22N2O4S/c1-2-3-4-5-7-15-10-12-18(13-11-15)25(23,24)19-16-8-6-9-17(14-16)20(21)22/h6,8-14,19H,2-5,7H2,1H3. The van der Waals surface area contributed by atoms with Gasteiger partial charge in [-0.05, 0) is 36.6 Å². The van der Waals surface area contributed by atoms with Gasteiger partial charge < -0.3 is 0 Å². The van der Waals surface area contributed by atoms with Crippen LogP contribution in [0.25, 0.3) is 0 Å². The summed E-state index contributed by atoms with van der Waals surface area (Å²) in [5.41, 5.74) is 1.10. The Bertz CT molecular complexity index is 817. The molecule has 0 amide bonds. The predicted molar refractivity (Wildman–Crippen MR) is 98.2 cm³/mol. The molecule has 2 aromatic rings. The Balaban J connectivity index is 2.06. The Labute approximate surface area is 148 Å². The smallest absolute Gasteiger partial charge is 0.271 e. The van der Waals surface area contributed by atoms with Crippen LogP contribution in [0.5, 0.6) is 0 Å². The number of nitrogens with zero attached hydrogens (tertiary/aromatic N) is 1. The summed E-state index contributed by atoms with van der Waals surface area (Å²) in [7, 11) is -3.77. The van der Waals surface area contributed by atoms with Crippen LogP contribution in [-0.4, -0.2) is 13.3 Å². The van der Waals surface area contributed by atoms with Gasteiger partial charge in [-0.2, -0.15) is 0 Å². The molecule has 134 valence electrons. The van der Waals surface area contributed by atoms with Gasteiger partial charge >= 0.3 is 0 Å². The molecule has 0 atom stereocenters. The van der Waals surface area contributed by atoms with Crippen molar-refractivity contribution in [3.05, 3.63) is 64.2 Å². The zero-order valence-electron chi connectivity index (χ0n) is 14.1. The highest BCUT2D eigenvalue weighted by molar-refractivity contribution is 7.92. The van der Waals surface area contributed by atoms with Crippen LogP contribution in [-0.2, 0) is 16.4 Å². The van der Waals surface area contributed by atoms with Crippen LogP contribution in [0.4, 0.5) is 11.4 Å². The predicted octanol–water partition coefficient (Wildman–Crippen LogP) is 4.52. The first-order chi connectivity index (χ1) is 11.9. The minimum Gasteiger partial charge on any atom is -0.279 e. The third-order valence-corrected chi connectivity index (χ3v) is 5.26. The maximum absolute atomic E-state index is 12.4. The molecule has 0 radical (unpaired) electrons. The van der Waals surface area contributed by atoms with Crippen molar-refractivity contribution in [2.45, 2.75) is 43.9 Å². The molecule has 0 aromatic heterocycles. The van der Waals surface area contributed by atoms with Crippen molar-refractivity contribution in [2.24, 2.45) is 0 Å². The molecule has 0 fully saturated rings. The third kappa shape index (κ3) is 5.56. The van der Waals surface area contributed by atoms with Crippen molar-refractivity contribution in [3.63, 3.8) is 0 Å². The van der Waals surface area contributed by atoms with E-state index in [0.717, 1.165) is 18.4 Å². The second kappa shape index (κ2) is 8.62. The van der Waals surface area contributed by atoms with E-state index in [-0.39, 0.29) is 16.3 Å². The highest BCUT2D eigenvalue weighted by Crippen LogP contribution is 2.21. The highest BCUT2D eigenvalue weighted by atomic mass is 32.2. The van der Waals surface area contributed by atoms with Gasteiger partial charge in [0.2, 0.25) is 0 Å². The van der Waals surface area contributed by atoms with E-state index in [1.165, 1.54) is 43.5 Å². The quantitative estimate of drug-likeness (QED) is 0.403. The number of benzene rings is 2. The Kier molecular flexibility index (Phi) is 6.52. The minimum atomic E-state index is -3.77. The summed E-state index contributed by atoms with van der Waals surface area (Å²) < 4.78 is 27.2. The number of rotatable bonds is 9. The molecule has 0 saturated carbocycles. The van der Waals surface area contributed by atoms with E-state index in [1.807, 2.05) is 12.1 Å². The minimum absolute atomic E-state index is 0.135. The lowest BCUT2D eigenvalue weighted by Gasteiger charge is -2.09. The SMILES string of the molecule is CCCCCCc1ccc(S(=O)(=O)Nc2cccc([N+](=O)[O-])c2)cc1. The van der Waals surface area contributed by atoms with Crippen molar-refractivity contribution < 1.29 is 13.3 Å². The first-order valence-corrected chi connectivity index (χ1v) is 9.77. The molecule has 0 bridgehead atoms. The lowest BCUT2D eigenvalue weighted by atomic mass is 10.1. The first kappa shape index (κ1) is 18.9. The van der Waals surface area contributed by atoms with Crippen LogP contribution in [0.1, 0.15) is 38.2 Å². The van der Waals surface area contributed by atoms with Gasteiger partial charge in [-0.3, -0.25) is 14.8 Å². The van der Waals surface area contributed by atoms with Crippen molar-refractivity contribution in [2.75, 3.05) is 4.72 Å². The van der Waals surface area contributed by atoms with Gasteiger partial charge in [0.05, 0.1) is 15.5 Å². The zero-order valence-corrected chi connectivity index (χ0v) is 15.0. The van der Waals surface area contributed by atoms with Gasteiger partial charge in [0.15, 0.2) is 0 Å². The molecule has 2 aromatic carbocycles. The van der Waals surface area contributed by atoms with E-state index in [0.29, 0.717) is 0 Å². The monoisotopic (exact) mass is 362 g/mol. The molecule has 0 saturated heterocycles. The average molecular weight is 362 g/mol. The fourth-order valence-corrected chi connectivity index (χ4v) is 3.54. The normalized spacial score (nSPS) is 11.2. The lowest BCUT2D eigenvalue weighted by molar-refractivity contribution is -0.384. The van der Waals surface area contributed by atoms with E-state index >= 15 is 0 Å². The number of non-ortho nitro benzene ring substituents is 1. The van der Waals surface area contributed by atoms with Gasteiger partial charge in [0.25, 0.3) is 15.7 Å². The molecule has 0 aliphatic rings. The molecule has 0 aliphatic carbocycles. The fourth-order valence-electron chi connectivity index (χ4n) is 2.49. The largest absolute Gasteiger partial charge is 0.279 e. The average Bonchev–Trinajstić information content (AvgIpc) is 2.59. The molecule has 2 rings (SSSR count). The van der Waals surface area contributed by atoms with Crippen molar-refractivity contribution >= 4 is 21.4 Å². The molecule has 0 heterocycles. The summed E-state index contributed by atoms with van der Waals surface area (Å²) in [5.74, 6) is 0. The molecule has 0 spiro atoms. The van der Waals surface area contributed by atoms with Crippen LogP contribution >= 0.6 is 0 Å². The van der Waals surface area contributed by atoms with Crippen LogP contribution in [0.15, 0.2) is 53.4 Å². The Morgan fingerprint density at radius 3 is 2.40 bits per heavy atom. The molecule has 6 nitrogen and oxygen atoms in total. The maximum atomic E-state index is 12.4. The van der Waals surface area contributed by atoms with E-state index in [9.17, 15) is 18.5 Å². The van der Waals surface area contributed by atoms with Gasteiger partial charge in [-0.1, -0.05) is 44.4 Å². The highest BCUT2D eigenvalue weighted by Gasteiger charge is 2.15. The van der Waals surface area contributed by atoms with Crippen molar-refractivity contribution in [1.29, 1.82) is 0 Å². The summed E-state index contributed by atoms with van der Waals surface area (Å²) in [6.45, 7) is 2.16. The van der Waals surface area contributed by atoms with Crippen LogP contribution in [0.2, 0.25) is 0 Å². The number of anilines is 1. The van der Waals surface area contributed by atoms with Crippen LogP contribution in [0.3, 0.4) is 0 Å². The van der Waals surface area contributed by atoms with Gasteiger partial charge in [-0.25, -0.2) is 8.42 Å². The summed E-state index contributed by atoms with van der Waals surface area (Å²) in [6.07, 6.45) is 5.58. The molecule has 1 N–H and O–H groups in total. The lowest BCUT2D eigenvalue weighted by Crippen LogP contribution is -2.13. The number of hydrogen-bond donors (Lipinski definition) is 1. The molecule has 7 heteroatoms. The summed E-state index contributed by atoms with van der Waals surface area (Å²) in [6, 6.07) is 12.2. The van der Waals surface area contributed by atoms with E-state index < -0.39 is 14.9 Å². The Morgan fingerprint density at radius 2 is 1.76 bits per heavy atom. The summed E-state index contributed by atoms with van der Waals surface area (Å²) in [5, 5.41) is 10.8. The maximum Gasteiger partial charge on any atom is 0.271 e. The summed E-state index contributed by atoms with van der Waals surface area (Å²) in [4.78, 5) is 10.4. The van der Waals surface area contributed by atoms with Gasteiger partial charge in [0.1, 0.15) is 0 Å². The van der Waals surface area contributed by atoms with Crippen molar-refractivity contribution in [3.8, 4) is 0 Å². The number of sulfonamides is 1. The van der Waals surface area contributed by atoms with E-state index in [4.69, 9.17) is 0 Å². The third-order valence-electron chi connectivity index (χ3n) is 3.86. The number of nitrogens with one attached hydrogen (secondary N) is 1. The summed E-state index contributed by atoms with van der Waals surface area (Å²) >= 11 is 0. The molecular formula is C18H22N2O4S. The molecule has 0 aliphatic heterocycles. The molecule has 0 unspecified atom stereocenters. The Morgan fingerprint density at radius 1 is 1.04 bits per heavy atom. The van der Waals surface area contributed by atoms with Crippen LogP contribution in [0, 0.1) is 10.1 Å². The number of hydrogen-bond acceptors (Lipinski definition) is 4. The van der Waals surface area contributed by atoms with Crippen LogP contribution < -0.4 is 4.72 Å². The zero-order chi connectivity index (χ0) is 18.3. The number of aryl methyl sites for hydroxylation is 1. The number of nitro benzene ring substituents is 1.